The van der Waals surface area contributed by atoms with Gasteiger partial charge < -0.3 is 5.11 Å². The molecule has 1 aromatic carbocycles. The Balaban J connectivity index is 2.18. The second-order valence-corrected chi connectivity index (χ2v) is 7.31. The Kier molecular flexibility index (Phi) is 5.18. The number of hydrogen-bond acceptors (Lipinski definition) is 3. The van der Waals surface area contributed by atoms with Crippen LogP contribution in [0.1, 0.15) is 38.2 Å². The van der Waals surface area contributed by atoms with Crippen LogP contribution in [0.25, 0.3) is 0 Å². The van der Waals surface area contributed by atoms with Gasteiger partial charge in [0.15, 0.2) is 0 Å². The number of hydrogen-bond donors (Lipinski definition) is 1. The highest BCUT2D eigenvalue weighted by molar-refractivity contribution is 7.88. The number of aliphatic hydroxyl groups excluding tert-OH is 1. The fourth-order valence-electron chi connectivity index (χ4n) is 2.80. The second-order valence-electron chi connectivity index (χ2n) is 5.39. The molecule has 1 aliphatic rings. The molecule has 0 saturated carbocycles. The lowest BCUT2D eigenvalue weighted by Crippen LogP contribution is -2.49. The third-order valence-corrected chi connectivity index (χ3v) is 5.78. The third-order valence-electron chi connectivity index (χ3n) is 3.91. The van der Waals surface area contributed by atoms with E-state index >= 15 is 0 Å². The first kappa shape index (κ1) is 15.5. The maximum atomic E-state index is 12.6. The first-order valence-corrected chi connectivity index (χ1v) is 8.87. The molecule has 2 rings (SSSR count). The molecule has 0 radical (unpaired) electrons. The maximum absolute atomic E-state index is 12.6. The first-order valence-electron chi connectivity index (χ1n) is 7.26. The predicted molar refractivity (Wildman–Crippen MR) is 79.7 cm³/mol. The highest BCUT2D eigenvalue weighted by Crippen LogP contribution is 2.26. The molecule has 1 aliphatic heterocycles. The Morgan fingerprint density at radius 1 is 1.30 bits per heavy atom. The van der Waals surface area contributed by atoms with Gasteiger partial charge in [-0.05, 0) is 24.8 Å². The van der Waals surface area contributed by atoms with Gasteiger partial charge in [-0.1, -0.05) is 43.7 Å². The van der Waals surface area contributed by atoms with E-state index in [1.807, 2.05) is 37.3 Å². The summed E-state index contributed by atoms with van der Waals surface area (Å²) in [7, 11) is -3.37. The molecule has 0 unspecified atom stereocenters. The zero-order valence-electron chi connectivity index (χ0n) is 11.9. The van der Waals surface area contributed by atoms with E-state index in [0.29, 0.717) is 13.0 Å². The van der Waals surface area contributed by atoms with Crippen molar-refractivity contribution in [2.24, 2.45) is 0 Å². The average molecular weight is 297 g/mol. The zero-order valence-corrected chi connectivity index (χ0v) is 12.7. The molecule has 0 amide bonds. The normalized spacial score (nSPS) is 22.6. The molecular weight excluding hydrogens is 274 g/mol. The van der Waals surface area contributed by atoms with Gasteiger partial charge in [0.05, 0.1) is 17.9 Å². The summed E-state index contributed by atoms with van der Waals surface area (Å²) >= 11 is 0. The summed E-state index contributed by atoms with van der Waals surface area (Å²) in [6.45, 7) is 2.41. The average Bonchev–Trinajstić information content (AvgIpc) is 2.47. The number of piperidine rings is 1. The molecule has 0 spiro atoms. The molecule has 0 bridgehead atoms. The largest absolute Gasteiger partial charge is 0.391 e. The van der Waals surface area contributed by atoms with Crippen LogP contribution in [0.5, 0.6) is 0 Å². The quantitative estimate of drug-likeness (QED) is 0.906. The summed E-state index contributed by atoms with van der Waals surface area (Å²) in [4.78, 5) is 0. The number of rotatable bonds is 5. The van der Waals surface area contributed by atoms with E-state index in [1.54, 1.807) is 0 Å². The van der Waals surface area contributed by atoms with Crippen LogP contribution in [0.3, 0.4) is 0 Å². The molecule has 1 saturated heterocycles. The molecule has 2 atom stereocenters. The molecule has 0 aliphatic carbocycles. The van der Waals surface area contributed by atoms with E-state index in [-0.39, 0.29) is 11.8 Å². The SMILES string of the molecule is CC[C@@H](O)[C@H]1CCCCN1S(=O)(=O)Cc1ccccc1. The first-order chi connectivity index (χ1) is 9.54. The number of aliphatic hydroxyl groups is 1. The topological polar surface area (TPSA) is 57.6 Å². The number of sulfonamides is 1. The van der Waals surface area contributed by atoms with Crippen LogP contribution in [0.4, 0.5) is 0 Å². The van der Waals surface area contributed by atoms with E-state index in [9.17, 15) is 13.5 Å². The van der Waals surface area contributed by atoms with Gasteiger partial charge in [0.2, 0.25) is 10.0 Å². The Hall–Kier alpha value is -0.910. The van der Waals surface area contributed by atoms with Crippen molar-refractivity contribution < 1.29 is 13.5 Å². The van der Waals surface area contributed by atoms with Crippen LogP contribution in [-0.4, -0.2) is 36.5 Å². The van der Waals surface area contributed by atoms with Crippen molar-refractivity contribution in [3.05, 3.63) is 35.9 Å². The molecule has 0 aromatic heterocycles. The minimum absolute atomic E-state index is 0.0147. The molecule has 112 valence electrons. The Bertz CT molecular complexity index is 515. The predicted octanol–water partition coefficient (Wildman–Crippen LogP) is 2.14. The van der Waals surface area contributed by atoms with Gasteiger partial charge in [-0.2, -0.15) is 4.31 Å². The Morgan fingerprint density at radius 3 is 2.65 bits per heavy atom. The van der Waals surface area contributed by atoms with Crippen LogP contribution < -0.4 is 0 Å². The molecule has 1 N–H and O–H groups in total. The summed E-state index contributed by atoms with van der Waals surface area (Å²) in [5.74, 6) is 0.0147. The highest BCUT2D eigenvalue weighted by atomic mass is 32.2. The van der Waals surface area contributed by atoms with Crippen molar-refractivity contribution in [3.63, 3.8) is 0 Å². The molecule has 20 heavy (non-hydrogen) atoms. The van der Waals surface area contributed by atoms with E-state index in [1.165, 1.54) is 4.31 Å². The van der Waals surface area contributed by atoms with Crippen molar-refractivity contribution in [3.8, 4) is 0 Å². The molecule has 1 fully saturated rings. The summed E-state index contributed by atoms with van der Waals surface area (Å²) in [5, 5.41) is 10.1. The monoisotopic (exact) mass is 297 g/mol. The van der Waals surface area contributed by atoms with Crippen molar-refractivity contribution >= 4 is 10.0 Å². The molecule has 1 aromatic rings. The number of nitrogens with zero attached hydrogens (tertiary/aromatic N) is 1. The summed E-state index contributed by atoms with van der Waals surface area (Å²) in [6, 6.07) is 8.96. The smallest absolute Gasteiger partial charge is 0.218 e. The van der Waals surface area contributed by atoms with Crippen LogP contribution >= 0.6 is 0 Å². The maximum Gasteiger partial charge on any atom is 0.218 e. The molecule has 1 heterocycles. The lowest BCUT2D eigenvalue weighted by atomic mass is 9.98. The van der Waals surface area contributed by atoms with Crippen LogP contribution in [0.2, 0.25) is 0 Å². The van der Waals surface area contributed by atoms with Gasteiger partial charge in [-0.3, -0.25) is 0 Å². The lowest BCUT2D eigenvalue weighted by Gasteiger charge is -2.37. The van der Waals surface area contributed by atoms with Crippen molar-refractivity contribution in [2.45, 2.75) is 50.5 Å². The lowest BCUT2D eigenvalue weighted by molar-refractivity contribution is 0.0666. The van der Waals surface area contributed by atoms with Gasteiger partial charge in [0, 0.05) is 6.54 Å². The standard InChI is InChI=1S/C15H23NO3S/c1-2-15(17)14-10-6-7-11-16(14)20(18,19)12-13-8-4-3-5-9-13/h3-5,8-9,14-15,17H,2,6-7,10-12H2,1H3/t14-,15-/m1/s1. The van der Waals surface area contributed by atoms with Gasteiger partial charge in [-0.15, -0.1) is 0 Å². The van der Waals surface area contributed by atoms with Crippen LogP contribution in [-0.2, 0) is 15.8 Å². The van der Waals surface area contributed by atoms with E-state index in [0.717, 1.165) is 24.8 Å². The Labute approximate surface area is 121 Å². The zero-order chi connectivity index (χ0) is 14.6. The highest BCUT2D eigenvalue weighted by Gasteiger charge is 2.35. The van der Waals surface area contributed by atoms with Gasteiger partial charge >= 0.3 is 0 Å². The molecule has 5 heteroatoms. The molecular formula is C15H23NO3S. The van der Waals surface area contributed by atoms with E-state index < -0.39 is 16.1 Å². The van der Waals surface area contributed by atoms with Gasteiger partial charge in [0.25, 0.3) is 0 Å². The Morgan fingerprint density at radius 2 is 2.00 bits per heavy atom. The second kappa shape index (κ2) is 6.70. The summed E-state index contributed by atoms with van der Waals surface area (Å²) in [5.41, 5.74) is 0.794. The van der Waals surface area contributed by atoms with Crippen molar-refractivity contribution in [1.29, 1.82) is 0 Å². The summed E-state index contributed by atoms with van der Waals surface area (Å²) < 4.78 is 26.7. The van der Waals surface area contributed by atoms with E-state index in [4.69, 9.17) is 0 Å². The van der Waals surface area contributed by atoms with Gasteiger partial charge in [0.1, 0.15) is 0 Å². The minimum atomic E-state index is -3.37. The number of benzene rings is 1. The van der Waals surface area contributed by atoms with Crippen LogP contribution in [0.15, 0.2) is 30.3 Å². The van der Waals surface area contributed by atoms with Gasteiger partial charge in [-0.25, -0.2) is 8.42 Å². The van der Waals surface area contributed by atoms with Crippen molar-refractivity contribution in [2.75, 3.05) is 6.54 Å². The third kappa shape index (κ3) is 3.59. The summed E-state index contributed by atoms with van der Waals surface area (Å²) in [6.07, 6.45) is 2.63. The fraction of sp³-hybridized carbons (Fsp3) is 0.600. The van der Waals surface area contributed by atoms with E-state index in [2.05, 4.69) is 0 Å². The van der Waals surface area contributed by atoms with Crippen LogP contribution in [0, 0.1) is 0 Å². The minimum Gasteiger partial charge on any atom is -0.391 e. The van der Waals surface area contributed by atoms with Crippen molar-refractivity contribution in [1.82, 2.24) is 4.31 Å². The fourth-order valence-corrected chi connectivity index (χ4v) is 4.65. The molecule has 4 nitrogen and oxygen atoms in total.